The van der Waals surface area contributed by atoms with Gasteiger partial charge < -0.3 is 15.5 Å². The average molecular weight is 548 g/mol. The van der Waals surface area contributed by atoms with Crippen molar-refractivity contribution < 1.29 is 0 Å². The van der Waals surface area contributed by atoms with Crippen LogP contribution in [0.1, 0.15) is 44.6 Å². The lowest BCUT2D eigenvalue weighted by atomic mass is 9.93. The highest BCUT2D eigenvalue weighted by molar-refractivity contribution is 14.0. The van der Waals surface area contributed by atoms with E-state index in [0.29, 0.717) is 6.04 Å². The minimum Gasteiger partial charge on any atom is -0.356 e. The Morgan fingerprint density at radius 2 is 1.67 bits per heavy atom. The smallest absolute Gasteiger partial charge is 0.191 e. The van der Waals surface area contributed by atoms with Gasteiger partial charge in [0.15, 0.2) is 5.96 Å². The lowest BCUT2D eigenvalue weighted by Gasteiger charge is -2.33. The van der Waals surface area contributed by atoms with Gasteiger partial charge in [-0.15, -0.1) is 24.0 Å². The molecule has 2 saturated heterocycles. The number of hydrogen-bond donors (Lipinski definition) is 2. The largest absolute Gasteiger partial charge is 0.356 e. The molecule has 1 aromatic carbocycles. The number of nitrogens with zero attached hydrogens (tertiary/aromatic N) is 3. The van der Waals surface area contributed by atoms with E-state index in [1.54, 1.807) is 0 Å². The van der Waals surface area contributed by atoms with Crippen molar-refractivity contribution in [2.45, 2.75) is 51.6 Å². The molecule has 5 nitrogen and oxygen atoms in total. The van der Waals surface area contributed by atoms with Gasteiger partial charge in [-0.05, 0) is 75.4 Å². The van der Waals surface area contributed by atoms with Gasteiger partial charge in [-0.25, -0.2) is 0 Å². The summed E-state index contributed by atoms with van der Waals surface area (Å²) in [5.74, 6) is 1.83. The normalized spacial score (nSPS) is 20.0. The lowest BCUT2D eigenvalue weighted by Crippen LogP contribution is -2.48. The predicted molar refractivity (Wildman–Crippen MR) is 139 cm³/mol. The van der Waals surface area contributed by atoms with Crippen molar-refractivity contribution in [1.82, 2.24) is 20.4 Å². The Morgan fingerprint density at radius 1 is 1.03 bits per heavy atom. The molecule has 2 heterocycles. The molecule has 0 saturated carbocycles. The van der Waals surface area contributed by atoms with Crippen molar-refractivity contribution in [1.29, 1.82) is 0 Å². The fourth-order valence-corrected chi connectivity index (χ4v) is 4.58. The minimum atomic E-state index is 0. The molecule has 0 aliphatic carbocycles. The molecule has 0 radical (unpaired) electrons. The van der Waals surface area contributed by atoms with E-state index < -0.39 is 0 Å². The predicted octanol–water partition coefficient (Wildman–Crippen LogP) is 4.21. The Kier molecular flexibility index (Phi) is 11.8. The molecule has 0 unspecified atom stereocenters. The molecule has 30 heavy (non-hydrogen) atoms. The van der Waals surface area contributed by atoms with Gasteiger partial charge in [-0.3, -0.25) is 9.89 Å². The zero-order valence-corrected chi connectivity index (χ0v) is 21.7. The molecule has 2 N–H and O–H groups in total. The molecule has 3 rings (SSSR count). The number of guanidine groups is 1. The van der Waals surface area contributed by atoms with Crippen molar-refractivity contribution in [3.8, 4) is 0 Å². The first-order valence-corrected chi connectivity index (χ1v) is 11.7. The highest BCUT2D eigenvalue weighted by atomic mass is 127. The van der Waals surface area contributed by atoms with E-state index in [1.165, 1.54) is 44.5 Å². The summed E-state index contributed by atoms with van der Waals surface area (Å²) >= 11 is 5.99. The van der Waals surface area contributed by atoms with E-state index in [-0.39, 0.29) is 24.0 Å². The minimum absolute atomic E-state index is 0. The summed E-state index contributed by atoms with van der Waals surface area (Å²) in [4.78, 5) is 9.53. The molecular formula is C23H39ClIN5. The molecule has 2 aliphatic rings. The van der Waals surface area contributed by atoms with Crippen LogP contribution in [0.2, 0.25) is 5.02 Å². The standard InChI is InChI=1S/C23H38ClN5.HI/c1-3-28-14-9-19(10-15-28)8-13-26-23(25-2)27-22-11-16-29(17-12-22)18-20-4-6-21(24)7-5-20;/h4-7,19,22H,3,8-18H2,1-2H3,(H2,25,26,27);1H. The molecule has 2 aliphatic heterocycles. The van der Waals surface area contributed by atoms with E-state index in [1.807, 2.05) is 19.2 Å². The molecule has 0 atom stereocenters. The first-order valence-electron chi connectivity index (χ1n) is 11.3. The van der Waals surface area contributed by atoms with E-state index in [4.69, 9.17) is 11.6 Å². The van der Waals surface area contributed by atoms with Crippen LogP contribution in [-0.2, 0) is 6.54 Å². The van der Waals surface area contributed by atoms with Crippen LogP contribution in [0.3, 0.4) is 0 Å². The van der Waals surface area contributed by atoms with Gasteiger partial charge >= 0.3 is 0 Å². The van der Waals surface area contributed by atoms with Crippen molar-refractivity contribution in [3.05, 3.63) is 34.9 Å². The summed E-state index contributed by atoms with van der Waals surface area (Å²) in [7, 11) is 1.88. The van der Waals surface area contributed by atoms with Crippen LogP contribution in [0.25, 0.3) is 0 Å². The van der Waals surface area contributed by atoms with Crippen LogP contribution in [0, 0.1) is 5.92 Å². The summed E-state index contributed by atoms with van der Waals surface area (Å²) in [6.07, 6.45) is 6.24. The van der Waals surface area contributed by atoms with Crippen LogP contribution in [0.5, 0.6) is 0 Å². The Balaban J connectivity index is 0.00000320. The maximum Gasteiger partial charge on any atom is 0.191 e. The molecule has 0 bridgehead atoms. The highest BCUT2D eigenvalue weighted by Gasteiger charge is 2.21. The first-order chi connectivity index (χ1) is 14.2. The summed E-state index contributed by atoms with van der Waals surface area (Å²) in [6, 6.07) is 8.73. The number of rotatable bonds is 7. The number of benzene rings is 1. The third-order valence-corrected chi connectivity index (χ3v) is 6.72. The van der Waals surface area contributed by atoms with Gasteiger partial charge in [0.1, 0.15) is 0 Å². The Labute approximate surface area is 205 Å². The van der Waals surface area contributed by atoms with Gasteiger partial charge in [-0.1, -0.05) is 30.7 Å². The molecule has 7 heteroatoms. The SMILES string of the molecule is CCN1CCC(CCNC(=NC)NC2CCN(Cc3ccc(Cl)cc3)CC2)CC1.I. The second-order valence-electron chi connectivity index (χ2n) is 8.49. The number of nitrogens with one attached hydrogen (secondary N) is 2. The van der Waals surface area contributed by atoms with Gasteiger partial charge in [0, 0.05) is 44.3 Å². The fourth-order valence-electron chi connectivity index (χ4n) is 4.46. The number of aliphatic imine (C=N–C) groups is 1. The molecule has 0 aromatic heterocycles. The molecule has 2 fully saturated rings. The molecular weight excluding hydrogens is 509 g/mol. The maximum atomic E-state index is 5.99. The van der Waals surface area contributed by atoms with E-state index in [0.717, 1.165) is 55.9 Å². The summed E-state index contributed by atoms with van der Waals surface area (Å²) in [6.45, 7) is 10.3. The van der Waals surface area contributed by atoms with Gasteiger partial charge in [0.05, 0.1) is 0 Å². The topological polar surface area (TPSA) is 42.9 Å². The van der Waals surface area contributed by atoms with Crippen molar-refractivity contribution in [3.63, 3.8) is 0 Å². The third kappa shape index (κ3) is 8.52. The molecule has 170 valence electrons. The number of piperidine rings is 2. The third-order valence-electron chi connectivity index (χ3n) is 6.47. The quantitative estimate of drug-likeness (QED) is 0.305. The summed E-state index contributed by atoms with van der Waals surface area (Å²) in [5, 5.41) is 7.99. The van der Waals surface area contributed by atoms with Gasteiger partial charge in [0.2, 0.25) is 0 Å². The Morgan fingerprint density at radius 3 is 2.27 bits per heavy atom. The lowest BCUT2D eigenvalue weighted by molar-refractivity contribution is 0.187. The average Bonchev–Trinajstić information content (AvgIpc) is 2.76. The zero-order chi connectivity index (χ0) is 20.5. The van der Waals surface area contributed by atoms with Crippen molar-refractivity contribution >= 4 is 41.5 Å². The van der Waals surface area contributed by atoms with E-state index in [2.05, 4.69) is 44.5 Å². The summed E-state index contributed by atoms with van der Waals surface area (Å²) in [5.41, 5.74) is 1.34. The van der Waals surface area contributed by atoms with Crippen LogP contribution in [0.15, 0.2) is 29.3 Å². The second kappa shape index (κ2) is 13.8. The number of hydrogen-bond acceptors (Lipinski definition) is 3. The molecule has 1 aromatic rings. The zero-order valence-electron chi connectivity index (χ0n) is 18.6. The van der Waals surface area contributed by atoms with Crippen LogP contribution >= 0.6 is 35.6 Å². The van der Waals surface area contributed by atoms with E-state index in [9.17, 15) is 0 Å². The van der Waals surface area contributed by atoms with Crippen molar-refractivity contribution in [2.24, 2.45) is 10.9 Å². The molecule has 0 amide bonds. The monoisotopic (exact) mass is 547 g/mol. The second-order valence-corrected chi connectivity index (χ2v) is 8.92. The highest BCUT2D eigenvalue weighted by Crippen LogP contribution is 2.19. The maximum absolute atomic E-state index is 5.99. The van der Waals surface area contributed by atoms with Gasteiger partial charge in [-0.2, -0.15) is 0 Å². The van der Waals surface area contributed by atoms with Crippen LogP contribution in [0.4, 0.5) is 0 Å². The first kappa shape index (κ1) is 25.7. The number of likely N-dealkylation sites (tertiary alicyclic amines) is 2. The molecule has 0 spiro atoms. The van der Waals surface area contributed by atoms with Crippen LogP contribution in [-0.4, -0.2) is 68.1 Å². The number of halogens is 2. The van der Waals surface area contributed by atoms with Crippen molar-refractivity contribution in [2.75, 3.05) is 46.3 Å². The van der Waals surface area contributed by atoms with E-state index >= 15 is 0 Å². The Hall–Kier alpha value is -0.570. The van der Waals surface area contributed by atoms with Gasteiger partial charge in [0.25, 0.3) is 0 Å². The fraction of sp³-hybridized carbons (Fsp3) is 0.696. The summed E-state index contributed by atoms with van der Waals surface area (Å²) < 4.78 is 0. The van der Waals surface area contributed by atoms with Crippen LogP contribution < -0.4 is 10.6 Å². The Bertz CT molecular complexity index is 623.